The van der Waals surface area contributed by atoms with Crippen LogP contribution in [0.3, 0.4) is 0 Å². The zero-order valence-corrected chi connectivity index (χ0v) is 23.6. The summed E-state index contributed by atoms with van der Waals surface area (Å²) >= 11 is 0. The van der Waals surface area contributed by atoms with Gasteiger partial charge in [0.05, 0.1) is 13.2 Å². The summed E-state index contributed by atoms with van der Waals surface area (Å²) in [6, 6.07) is 13.6. The van der Waals surface area contributed by atoms with E-state index >= 15 is 0 Å². The highest BCUT2D eigenvalue weighted by Gasteiger charge is 2.08. The summed E-state index contributed by atoms with van der Waals surface area (Å²) < 4.78 is 11.5. The first kappa shape index (κ1) is 34.1. The Kier molecular flexibility index (Phi) is 15.1. The highest BCUT2D eigenvalue weighted by Crippen LogP contribution is 2.15. The van der Waals surface area contributed by atoms with Crippen molar-refractivity contribution >= 4 is 35.5 Å². The molecule has 0 radical (unpaired) electrons. The topological polar surface area (TPSA) is 222 Å². The molecular weight excluding hydrogens is 564 g/mol. The van der Waals surface area contributed by atoms with Crippen LogP contribution in [0.2, 0.25) is 0 Å². The molecule has 0 aliphatic carbocycles. The van der Waals surface area contributed by atoms with Gasteiger partial charge in [-0.1, -0.05) is 10.3 Å². The van der Waals surface area contributed by atoms with Gasteiger partial charge in [-0.3, -0.25) is 9.59 Å². The van der Waals surface area contributed by atoms with Gasteiger partial charge in [0, 0.05) is 36.8 Å². The molecule has 2 rings (SSSR count). The van der Waals surface area contributed by atoms with Crippen LogP contribution in [0.15, 0.2) is 58.8 Å². The highest BCUT2D eigenvalue weighted by molar-refractivity contribution is 5.98. The zero-order chi connectivity index (χ0) is 31.5. The number of carboxylic acids is 2. The Balaban J connectivity index is 1.60. The standard InChI is InChI=1S/C29H36N4O10/c30-28(32-42-26(38)8-4-6-24(34)35)20-10-14-22(15-11-20)40-18-2-1-3-19-41-23-16-12-21(13-17-23)29(31)33-43-27(39)9-5-7-25(36)37/h10-17H,1-9,18-19H2,(H2,30,32)(H2,31,33)(H,34,35)(H,36,37). The fourth-order valence-corrected chi connectivity index (χ4v) is 3.37. The smallest absolute Gasteiger partial charge is 0.335 e. The van der Waals surface area contributed by atoms with Crippen molar-refractivity contribution < 1.29 is 48.5 Å². The molecule has 0 amide bonds. The number of amidine groups is 2. The van der Waals surface area contributed by atoms with Crippen molar-refractivity contribution in [2.45, 2.75) is 57.8 Å². The van der Waals surface area contributed by atoms with E-state index in [4.69, 9.17) is 40.8 Å². The number of carbonyl (C=O) groups excluding carboxylic acids is 2. The van der Waals surface area contributed by atoms with Crippen LogP contribution in [0.5, 0.6) is 11.5 Å². The van der Waals surface area contributed by atoms with Gasteiger partial charge in [0.15, 0.2) is 11.7 Å². The molecule has 0 spiro atoms. The van der Waals surface area contributed by atoms with Crippen molar-refractivity contribution in [2.75, 3.05) is 13.2 Å². The van der Waals surface area contributed by atoms with E-state index in [1.165, 1.54) is 0 Å². The molecule has 6 N–H and O–H groups in total. The van der Waals surface area contributed by atoms with Crippen molar-refractivity contribution in [1.29, 1.82) is 0 Å². The molecular formula is C29H36N4O10. The average Bonchev–Trinajstić information content (AvgIpc) is 2.98. The Morgan fingerprint density at radius 2 is 0.930 bits per heavy atom. The van der Waals surface area contributed by atoms with E-state index in [-0.39, 0.29) is 50.2 Å². The molecule has 0 aliphatic rings. The van der Waals surface area contributed by atoms with E-state index < -0.39 is 23.9 Å². The third-order valence-electron chi connectivity index (χ3n) is 5.66. The molecule has 0 saturated heterocycles. The largest absolute Gasteiger partial charge is 0.494 e. The lowest BCUT2D eigenvalue weighted by Gasteiger charge is -2.09. The number of nitrogens with zero attached hydrogens (tertiary/aromatic N) is 2. The molecule has 14 heteroatoms. The molecule has 43 heavy (non-hydrogen) atoms. The highest BCUT2D eigenvalue weighted by atomic mass is 16.7. The van der Waals surface area contributed by atoms with Crippen LogP contribution in [0.1, 0.15) is 68.9 Å². The van der Waals surface area contributed by atoms with Crippen molar-refractivity contribution in [3.8, 4) is 11.5 Å². The first-order valence-corrected chi connectivity index (χ1v) is 13.6. The molecule has 0 bridgehead atoms. The quantitative estimate of drug-likeness (QED) is 0.0565. The number of oxime groups is 2. The maximum absolute atomic E-state index is 11.6. The van der Waals surface area contributed by atoms with E-state index in [0.29, 0.717) is 35.8 Å². The number of nitrogens with two attached hydrogens (primary N) is 2. The van der Waals surface area contributed by atoms with Crippen LogP contribution >= 0.6 is 0 Å². The molecule has 0 aromatic heterocycles. The Morgan fingerprint density at radius 3 is 1.28 bits per heavy atom. The molecule has 2 aromatic carbocycles. The van der Waals surface area contributed by atoms with Gasteiger partial charge in [0.2, 0.25) is 0 Å². The first-order valence-electron chi connectivity index (χ1n) is 13.6. The number of ether oxygens (including phenoxy) is 2. The fourth-order valence-electron chi connectivity index (χ4n) is 3.37. The maximum Gasteiger partial charge on any atom is 0.335 e. The SMILES string of the molecule is N/C(=N\OC(=O)CCCC(=O)O)c1ccc(OCCCCCOc2ccc(/C(N)=N\OC(=O)CCCC(=O)O)cc2)cc1. The minimum atomic E-state index is -0.986. The fraction of sp³-hybridized carbons (Fsp3) is 0.379. The van der Waals surface area contributed by atoms with Crippen molar-refractivity contribution in [2.24, 2.45) is 21.8 Å². The van der Waals surface area contributed by atoms with Crippen molar-refractivity contribution in [3.63, 3.8) is 0 Å². The average molecular weight is 601 g/mol. The summed E-state index contributed by atoms with van der Waals surface area (Å²) in [5.41, 5.74) is 12.7. The second kappa shape index (κ2) is 19.1. The number of aliphatic carboxylic acids is 2. The van der Waals surface area contributed by atoms with Crippen LogP contribution in [0, 0.1) is 0 Å². The summed E-state index contributed by atoms with van der Waals surface area (Å²) in [7, 11) is 0. The molecule has 0 aliphatic heterocycles. The molecule has 0 fully saturated rings. The molecule has 2 aromatic rings. The number of hydrogen-bond acceptors (Lipinski definition) is 10. The molecule has 0 heterocycles. The van der Waals surface area contributed by atoms with Crippen LogP contribution in [-0.4, -0.2) is 59.0 Å². The van der Waals surface area contributed by atoms with Crippen LogP contribution < -0.4 is 20.9 Å². The van der Waals surface area contributed by atoms with Crippen LogP contribution in [0.4, 0.5) is 0 Å². The predicted octanol–water partition coefficient (Wildman–Crippen LogP) is 3.15. The third-order valence-corrected chi connectivity index (χ3v) is 5.66. The Morgan fingerprint density at radius 1 is 0.558 bits per heavy atom. The summed E-state index contributed by atoms with van der Waals surface area (Å²) in [6.07, 6.45) is 2.44. The van der Waals surface area contributed by atoms with E-state index in [0.717, 1.165) is 19.3 Å². The van der Waals surface area contributed by atoms with Crippen LogP contribution in [0.25, 0.3) is 0 Å². The Bertz CT molecular complexity index is 1160. The van der Waals surface area contributed by atoms with Gasteiger partial charge in [0.1, 0.15) is 11.5 Å². The lowest BCUT2D eigenvalue weighted by Crippen LogP contribution is -2.15. The summed E-state index contributed by atoms with van der Waals surface area (Å²) in [5.74, 6) is -1.97. The van der Waals surface area contributed by atoms with E-state index in [1.807, 2.05) is 0 Å². The predicted molar refractivity (Wildman–Crippen MR) is 154 cm³/mol. The molecule has 232 valence electrons. The van der Waals surface area contributed by atoms with Gasteiger partial charge >= 0.3 is 23.9 Å². The molecule has 0 saturated carbocycles. The number of rotatable bonds is 20. The van der Waals surface area contributed by atoms with E-state index in [2.05, 4.69) is 10.3 Å². The maximum atomic E-state index is 11.6. The number of carbonyl (C=O) groups is 4. The second-order valence-corrected chi connectivity index (χ2v) is 9.18. The zero-order valence-electron chi connectivity index (χ0n) is 23.6. The van der Waals surface area contributed by atoms with Crippen molar-refractivity contribution in [3.05, 3.63) is 59.7 Å². The third kappa shape index (κ3) is 14.9. The number of benzene rings is 2. The summed E-state index contributed by atoms with van der Waals surface area (Å²) in [4.78, 5) is 53.5. The minimum Gasteiger partial charge on any atom is -0.494 e. The Labute approximate surface area is 248 Å². The van der Waals surface area contributed by atoms with Gasteiger partial charge in [-0.05, 0) is 80.6 Å². The summed E-state index contributed by atoms with van der Waals surface area (Å²) in [6.45, 7) is 1.02. The Hall–Kier alpha value is -5.14. The molecule has 0 atom stereocenters. The normalized spacial score (nSPS) is 11.4. The van der Waals surface area contributed by atoms with E-state index in [1.54, 1.807) is 48.5 Å². The van der Waals surface area contributed by atoms with Gasteiger partial charge in [-0.2, -0.15) is 0 Å². The lowest BCUT2D eigenvalue weighted by molar-refractivity contribution is -0.145. The number of carboxylic acid groups (broad SMARTS) is 2. The van der Waals surface area contributed by atoms with E-state index in [9.17, 15) is 19.2 Å². The molecule has 14 nitrogen and oxygen atoms in total. The molecule has 0 unspecified atom stereocenters. The van der Waals surface area contributed by atoms with Gasteiger partial charge < -0.3 is 40.8 Å². The lowest BCUT2D eigenvalue weighted by atomic mass is 10.2. The number of unbranched alkanes of at least 4 members (excludes halogenated alkanes) is 2. The van der Waals surface area contributed by atoms with Gasteiger partial charge in [-0.25, -0.2) is 9.59 Å². The van der Waals surface area contributed by atoms with Gasteiger partial charge in [-0.15, -0.1) is 0 Å². The van der Waals surface area contributed by atoms with Crippen LogP contribution in [-0.2, 0) is 28.9 Å². The van der Waals surface area contributed by atoms with Gasteiger partial charge in [0.25, 0.3) is 0 Å². The van der Waals surface area contributed by atoms with Crippen molar-refractivity contribution in [1.82, 2.24) is 0 Å². The summed E-state index contributed by atoms with van der Waals surface area (Å²) in [5, 5.41) is 24.3. The first-order chi connectivity index (χ1) is 20.6. The second-order valence-electron chi connectivity index (χ2n) is 9.18. The minimum absolute atomic E-state index is 0.0107. The monoisotopic (exact) mass is 600 g/mol. The number of hydrogen-bond donors (Lipinski definition) is 4.